The molecule has 2 N–H and O–H groups in total. The second-order valence-electron chi connectivity index (χ2n) is 6.77. The highest BCUT2D eigenvalue weighted by molar-refractivity contribution is 6.15. The van der Waals surface area contributed by atoms with Crippen LogP contribution in [0, 0.1) is 5.92 Å². The molecule has 0 aliphatic heterocycles. The molecule has 1 aromatic carbocycles. The second kappa shape index (κ2) is 9.76. The molecule has 0 spiro atoms. The van der Waals surface area contributed by atoms with Crippen molar-refractivity contribution in [3.63, 3.8) is 0 Å². The molecule has 0 aliphatic carbocycles. The molecular formula is C20H28ClN3O3. The standard InChI is InChI=1S/C20H28ClN3O3/c1-5-13(3)18(23-21)19(25)22-16(20(26)27-6-2)11-14-12-24(4)17-10-8-7-9-15(14)17/h7-10,12-13,16,18,23H,5-6,11H2,1-4H3,(H,22,25)/t13-,16+,18-/m0/s1. The summed E-state index contributed by atoms with van der Waals surface area (Å²) in [5.74, 6) is -0.725. The molecule has 3 atom stereocenters. The Bertz CT molecular complexity index is 790. The van der Waals surface area contributed by atoms with Gasteiger partial charge in [0.15, 0.2) is 0 Å². The summed E-state index contributed by atoms with van der Waals surface area (Å²) in [6, 6.07) is 6.60. The van der Waals surface area contributed by atoms with E-state index in [1.165, 1.54) is 0 Å². The number of carbonyl (C=O) groups excluding carboxylic acids is 2. The molecule has 0 saturated carbocycles. The number of nitrogens with one attached hydrogen (secondary N) is 2. The van der Waals surface area contributed by atoms with E-state index in [2.05, 4.69) is 10.2 Å². The van der Waals surface area contributed by atoms with Crippen molar-refractivity contribution in [2.45, 2.75) is 45.7 Å². The van der Waals surface area contributed by atoms with Gasteiger partial charge in [-0.25, -0.2) is 9.63 Å². The van der Waals surface area contributed by atoms with Crippen molar-refractivity contribution in [3.8, 4) is 0 Å². The molecule has 2 aromatic rings. The Morgan fingerprint density at radius 1 is 1.26 bits per heavy atom. The number of hydrogen-bond donors (Lipinski definition) is 2. The number of aromatic nitrogens is 1. The normalized spacial score (nSPS) is 14.6. The van der Waals surface area contributed by atoms with Crippen LogP contribution in [-0.4, -0.2) is 35.1 Å². The molecule has 0 bridgehead atoms. The lowest BCUT2D eigenvalue weighted by Crippen LogP contribution is -2.51. The van der Waals surface area contributed by atoms with Crippen molar-refractivity contribution in [3.05, 3.63) is 36.0 Å². The maximum atomic E-state index is 12.7. The predicted molar refractivity (Wildman–Crippen MR) is 107 cm³/mol. The third-order valence-corrected chi connectivity index (χ3v) is 5.14. The van der Waals surface area contributed by atoms with Crippen LogP contribution in [0.1, 0.15) is 32.8 Å². The topological polar surface area (TPSA) is 72.4 Å². The minimum absolute atomic E-state index is 0.0305. The van der Waals surface area contributed by atoms with Gasteiger partial charge in [0.2, 0.25) is 5.91 Å². The van der Waals surface area contributed by atoms with Crippen LogP contribution in [0.15, 0.2) is 30.5 Å². The number of nitrogens with zero attached hydrogens (tertiary/aromatic N) is 1. The zero-order chi connectivity index (χ0) is 20.0. The number of rotatable bonds is 9. The highest BCUT2D eigenvalue weighted by atomic mass is 35.5. The number of para-hydroxylation sites is 1. The first kappa shape index (κ1) is 21.3. The first-order valence-corrected chi connectivity index (χ1v) is 9.66. The van der Waals surface area contributed by atoms with E-state index in [-0.39, 0.29) is 18.4 Å². The molecule has 27 heavy (non-hydrogen) atoms. The molecular weight excluding hydrogens is 366 g/mol. The molecule has 1 heterocycles. The third kappa shape index (κ3) is 5.02. The Labute approximate surface area is 165 Å². The van der Waals surface area contributed by atoms with Crippen molar-refractivity contribution in [1.29, 1.82) is 0 Å². The van der Waals surface area contributed by atoms with Gasteiger partial charge in [-0.05, 0) is 36.2 Å². The maximum Gasteiger partial charge on any atom is 0.328 e. The molecule has 1 amide bonds. The fourth-order valence-electron chi connectivity index (χ4n) is 3.16. The highest BCUT2D eigenvalue weighted by Crippen LogP contribution is 2.22. The van der Waals surface area contributed by atoms with E-state index in [4.69, 9.17) is 16.5 Å². The highest BCUT2D eigenvalue weighted by Gasteiger charge is 2.29. The SMILES string of the molecule is CCOC(=O)[C@@H](Cc1cn(C)c2ccccc12)NC(=O)[C@@H](NCl)[C@@H](C)CC. The number of hydrogen-bond acceptors (Lipinski definition) is 4. The van der Waals surface area contributed by atoms with E-state index in [0.29, 0.717) is 6.42 Å². The van der Waals surface area contributed by atoms with Gasteiger partial charge in [-0.3, -0.25) is 4.79 Å². The van der Waals surface area contributed by atoms with Gasteiger partial charge >= 0.3 is 5.97 Å². The first-order valence-electron chi connectivity index (χ1n) is 9.28. The lowest BCUT2D eigenvalue weighted by Gasteiger charge is -2.24. The van der Waals surface area contributed by atoms with Gasteiger partial charge in [0, 0.05) is 30.6 Å². The van der Waals surface area contributed by atoms with E-state index in [1.54, 1.807) is 6.92 Å². The molecule has 1 aromatic heterocycles. The number of ether oxygens (including phenoxy) is 1. The Morgan fingerprint density at radius 2 is 1.96 bits per heavy atom. The molecule has 148 valence electrons. The van der Waals surface area contributed by atoms with E-state index >= 15 is 0 Å². The van der Waals surface area contributed by atoms with Crippen LogP contribution < -0.4 is 10.2 Å². The number of aryl methyl sites for hydroxylation is 1. The van der Waals surface area contributed by atoms with Crippen LogP contribution in [0.25, 0.3) is 10.9 Å². The minimum atomic E-state index is -0.778. The summed E-state index contributed by atoms with van der Waals surface area (Å²) in [5.41, 5.74) is 2.05. The maximum absolute atomic E-state index is 12.7. The summed E-state index contributed by atoms with van der Waals surface area (Å²) in [6.07, 6.45) is 3.11. The van der Waals surface area contributed by atoms with Crippen LogP contribution >= 0.6 is 11.8 Å². The van der Waals surface area contributed by atoms with Crippen LogP contribution in [0.4, 0.5) is 0 Å². The lowest BCUT2D eigenvalue weighted by molar-refractivity contribution is -0.147. The van der Waals surface area contributed by atoms with Gasteiger partial charge in [0.1, 0.15) is 12.1 Å². The van der Waals surface area contributed by atoms with E-state index in [1.807, 2.05) is 55.9 Å². The van der Waals surface area contributed by atoms with Crippen molar-refractivity contribution in [2.75, 3.05) is 6.61 Å². The van der Waals surface area contributed by atoms with Crippen molar-refractivity contribution in [2.24, 2.45) is 13.0 Å². The molecule has 0 aliphatic rings. The summed E-state index contributed by atoms with van der Waals surface area (Å²) < 4.78 is 7.19. The second-order valence-corrected chi connectivity index (χ2v) is 6.99. The summed E-state index contributed by atoms with van der Waals surface area (Å²) in [4.78, 5) is 27.7. The molecule has 0 saturated heterocycles. The monoisotopic (exact) mass is 393 g/mol. The number of benzene rings is 1. The molecule has 7 heteroatoms. The van der Waals surface area contributed by atoms with Crippen LogP contribution in [0.5, 0.6) is 0 Å². The number of amides is 1. The van der Waals surface area contributed by atoms with Crippen molar-refractivity contribution < 1.29 is 14.3 Å². The lowest BCUT2D eigenvalue weighted by atomic mass is 9.98. The fraction of sp³-hybridized carbons (Fsp3) is 0.500. The zero-order valence-corrected chi connectivity index (χ0v) is 17.0. The van der Waals surface area contributed by atoms with Crippen molar-refractivity contribution in [1.82, 2.24) is 14.7 Å². The largest absolute Gasteiger partial charge is 0.464 e. The minimum Gasteiger partial charge on any atom is -0.464 e. The quantitative estimate of drug-likeness (QED) is 0.507. The summed E-state index contributed by atoms with van der Waals surface area (Å²) in [5, 5.41) is 3.87. The Hall–Kier alpha value is -2.05. The number of fused-ring (bicyclic) bond motifs is 1. The molecule has 0 unspecified atom stereocenters. The fourth-order valence-corrected chi connectivity index (χ4v) is 3.47. The smallest absolute Gasteiger partial charge is 0.328 e. The first-order chi connectivity index (χ1) is 12.9. The van der Waals surface area contributed by atoms with Gasteiger partial charge in [0.25, 0.3) is 0 Å². The van der Waals surface area contributed by atoms with Gasteiger partial charge in [-0.1, -0.05) is 38.5 Å². The summed E-state index contributed by atoms with van der Waals surface area (Å²) in [6.45, 7) is 5.92. The Balaban J connectivity index is 2.26. The van der Waals surface area contributed by atoms with E-state index in [9.17, 15) is 9.59 Å². The van der Waals surface area contributed by atoms with E-state index in [0.717, 1.165) is 22.9 Å². The molecule has 2 rings (SSSR count). The van der Waals surface area contributed by atoms with Crippen molar-refractivity contribution >= 4 is 34.6 Å². The Kier molecular flexibility index (Phi) is 7.68. The third-order valence-electron chi connectivity index (χ3n) is 4.90. The average Bonchev–Trinajstić information content (AvgIpc) is 2.97. The summed E-state index contributed by atoms with van der Waals surface area (Å²) in [7, 11) is 1.96. The number of esters is 1. The molecule has 6 nitrogen and oxygen atoms in total. The van der Waals surface area contributed by atoms with Crippen LogP contribution in [0.3, 0.4) is 0 Å². The molecule has 0 radical (unpaired) electrons. The zero-order valence-electron chi connectivity index (χ0n) is 16.3. The van der Waals surface area contributed by atoms with Gasteiger partial charge in [-0.2, -0.15) is 0 Å². The molecule has 0 fully saturated rings. The number of carbonyl (C=O) groups is 2. The van der Waals surface area contributed by atoms with Gasteiger partial charge in [-0.15, -0.1) is 0 Å². The number of halogens is 1. The van der Waals surface area contributed by atoms with Gasteiger partial charge < -0.3 is 14.6 Å². The predicted octanol–water partition coefficient (Wildman–Crippen LogP) is 2.93. The summed E-state index contributed by atoms with van der Waals surface area (Å²) >= 11 is 5.77. The van der Waals surface area contributed by atoms with Gasteiger partial charge in [0.05, 0.1) is 6.61 Å². The van der Waals surface area contributed by atoms with Crippen LogP contribution in [-0.2, 0) is 27.8 Å². The van der Waals surface area contributed by atoms with E-state index < -0.39 is 18.1 Å². The Morgan fingerprint density at radius 3 is 2.59 bits per heavy atom. The van der Waals surface area contributed by atoms with Crippen LogP contribution in [0.2, 0.25) is 0 Å². The average molecular weight is 394 g/mol.